The molecule has 1 amide bonds. The fraction of sp³-hybridized carbons (Fsp3) is 0.333. The summed E-state index contributed by atoms with van der Waals surface area (Å²) in [6.07, 6.45) is 4.28. The van der Waals surface area contributed by atoms with Crippen molar-refractivity contribution < 1.29 is 4.79 Å². The minimum Gasteiger partial charge on any atom is -0.351 e. The van der Waals surface area contributed by atoms with Crippen molar-refractivity contribution in [3.8, 4) is 0 Å². The molecule has 19 heavy (non-hydrogen) atoms. The summed E-state index contributed by atoms with van der Waals surface area (Å²) in [5.74, 6) is 0.707. The number of aromatic nitrogens is 1. The van der Waals surface area contributed by atoms with Gasteiger partial charge < -0.3 is 5.32 Å². The summed E-state index contributed by atoms with van der Waals surface area (Å²) >= 11 is 3.63. The van der Waals surface area contributed by atoms with Gasteiger partial charge in [0.2, 0.25) is 0 Å². The summed E-state index contributed by atoms with van der Waals surface area (Å²) in [6, 6.07) is 9.43. The number of carbonyl (C=O) groups excluding carboxylic acids is 1. The highest BCUT2D eigenvalue weighted by atomic mass is 79.9. The summed E-state index contributed by atoms with van der Waals surface area (Å²) in [4.78, 5) is 16.9. The van der Waals surface area contributed by atoms with Gasteiger partial charge in [0, 0.05) is 28.5 Å². The Morgan fingerprint density at radius 2 is 2.21 bits per heavy atom. The van der Waals surface area contributed by atoms with E-state index in [-0.39, 0.29) is 5.91 Å². The van der Waals surface area contributed by atoms with E-state index in [0.717, 1.165) is 16.8 Å². The molecular formula is C15H15BrN2O. The molecule has 98 valence electrons. The molecule has 3 nitrogen and oxygen atoms in total. The number of hydrogen-bond donors (Lipinski definition) is 1. The Hall–Kier alpha value is -1.42. The fourth-order valence-corrected chi connectivity index (χ4v) is 2.90. The molecule has 3 rings (SSSR count). The number of amides is 1. The first-order chi connectivity index (χ1) is 9.25. The van der Waals surface area contributed by atoms with Gasteiger partial charge in [-0.25, -0.2) is 0 Å². The Morgan fingerprint density at radius 1 is 1.37 bits per heavy atom. The Labute approximate surface area is 120 Å². The number of halogens is 1. The third-order valence-corrected chi connectivity index (χ3v) is 4.55. The van der Waals surface area contributed by atoms with Crippen molar-refractivity contribution in [2.75, 3.05) is 6.54 Å². The molecule has 0 bridgehead atoms. The van der Waals surface area contributed by atoms with Crippen LogP contribution in [0.15, 0.2) is 36.5 Å². The lowest BCUT2D eigenvalue weighted by Crippen LogP contribution is -2.30. The first-order valence-corrected chi connectivity index (χ1v) is 7.43. The first-order valence-electron chi connectivity index (χ1n) is 6.52. The fourth-order valence-electron chi connectivity index (χ4n) is 2.21. The zero-order chi connectivity index (χ0) is 13.2. The van der Waals surface area contributed by atoms with E-state index in [9.17, 15) is 4.79 Å². The number of hydrogen-bond acceptors (Lipinski definition) is 2. The molecular weight excluding hydrogens is 304 g/mol. The van der Waals surface area contributed by atoms with E-state index in [0.29, 0.717) is 16.9 Å². The summed E-state index contributed by atoms with van der Waals surface area (Å²) in [6.45, 7) is 0.681. The standard InChI is InChI=1S/C15H15BrN2O/c16-13(10-6-7-10)9-18-15(19)12-3-1-5-14-11(12)4-2-8-17-14/h1-5,8,10,13H,6-7,9H2,(H,18,19). The third-order valence-electron chi connectivity index (χ3n) is 3.48. The molecule has 1 N–H and O–H groups in total. The van der Waals surface area contributed by atoms with Gasteiger partial charge >= 0.3 is 0 Å². The van der Waals surface area contributed by atoms with Crippen LogP contribution in [-0.2, 0) is 0 Å². The number of pyridine rings is 1. The normalized spacial score (nSPS) is 16.3. The molecule has 1 aromatic heterocycles. The van der Waals surface area contributed by atoms with Gasteiger partial charge in [0.25, 0.3) is 5.91 Å². The van der Waals surface area contributed by atoms with Gasteiger partial charge in [0.05, 0.1) is 5.52 Å². The van der Waals surface area contributed by atoms with Crippen LogP contribution in [0.3, 0.4) is 0 Å². The molecule has 1 aromatic carbocycles. The van der Waals surface area contributed by atoms with Gasteiger partial charge in [-0.1, -0.05) is 28.1 Å². The average Bonchev–Trinajstić information content (AvgIpc) is 3.28. The van der Waals surface area contributed by atoms with Crippen LogP contribution in [0.4, 0.5) is 0 Å². The van der Waals surface area contributed by atoms with Crippen molar-refractivity contribution in [1.82, 2.24) is 10.3 Å². The molecule has 1 heterocycles. The minimum atomic E-state index is -0.0244. The quantitative estimate of drug-likeness (QED) is 0.880. The molecule has 0 spiro atoms. The highest BCUT2D eigenvalue weighted by molar-refractivity contribution is 9.09. The van der Waals surface area contributed by atoms with E-state index in [2.05, 4.69) is 26.2 Å². The maximum atomic E-state index is 12.2. The Kier molecular flexibility index (Phi) is 3.51. The minimum absolute atomic E-state index is 0.0244. The summed E-state index contributed by atoms with van der Waals surface area (Å²) in [5, 5.41) is 3.90. The number of benzene rings is 1. The van der Waals surface area contributed by atoms with Crippen LogP contribution >= 0.6 is 15.9 Å². The topological polar surface area (TPSA) is 42.0 Å². The van der Waals surface area contributed by atoms with Crippen molar-refractivity contribution in [2.45, 2.75) is 17.7 Å². The van der Waals surface area contributed by atoms with Gasteiger partial charge in [-0.05, 0) is 37.0 Å². The maximum Gasteiger partial charge on any atom is 0.252 e. The number of alkyl halides is 1. The zero-order valence-corrected chi connectivity index (χ0v) is 12.1. The van der Waals surface area contributed by atoms with Crippen LogP contribution in [0.2, 0.25) is 0 Å². The number of rotatable bonds is 4. The molecule has 2 aromatic rings. The summed E-state index contributed by atoms with van der Waals surface area (Å²) in [5.41, 5.74) is 1.55. The second kappa shape index (κ2) is 5.29. The van der Waals surface area contributed by atoms with Crippen molar-refractivity contribution in [3.63, 3.8) is 0 Å². The second-order valence-corrected chi connectivity index (χ2v) is 6.12. The molecule has 1 aliphatic carbocycles. The van der Waals surface area contributed by atoms with Crippen LogP contribution in [0, 0.1) is 5.92 Å². The molecule has 4 heteroatoms. The second-order valence-electron chi connectivity index (χ2n) is 4.94. The Bertz CT molecular complexity index is 605. The average molecular weight is 319 g/mol. The van der Waals surface area contributed by atoms with Gasteiger partial charge in [-0.2, -0.15) is 0 Å². The largest absolute Gasteiger partial charge is 0.351 e. The van der Waals surface area contributed by atoms with Crippen LogP contribution < -0.4 is 5.32 Å². The molecule has 1 unspecified atom stereocenters. The van der Waals surface area contributed by atoms with Gasteiger partial charge in [0.15, 0.2) is 0 Å². The van der Waals surface area contributed by atoms with Crippen molar-refractivity contribution in [3.05, 3.63) is 42.1 Å². The molecule has 0 radical (unpaired) electrons. The van der Waals surface area contributed by atoms with Gasteiger partial charge in [0.1, 0.15) is 0 Å². The number of fused-ring (bicyclic) bond motifs is 1. The van der Waals surface area contributed by atoms with Crippen LogP contribution in [0.1, 0.15) is 23.2 Å². The summed E-state index contributed by atoms with van der Waals surface area (Å²) in [7, 11) is 0. The number of carbonyl (C=O) groups is 1. The number of nitrogens with zero attached hydrogens (tertiary/aromatic N) is 1. The third kappa shape index (κ3) is 2.78. The molecule has 1 fully saturated rings. The molecule has 1 atom stereocenters. The molecule has 1 saturated carbocycles. The first kappa shape index (κ1) is 12.6. The van der Waals surface area contributed by atoms with Crippen LogP contribution in [0.5, 0.6) is 0 Å². The lowest BCUT2D eigenvalue weighted by atomic mass is 10.1. The highest BCUT2D eigenvalue weighted by Crippen LogP contribution is 2.36. The summed E-state index contributed by atoms with van der Waals surface area (Å²) < 4.78 is 0. The van der Waals surface area contributed by atoms with E-state index >= 15 is 0 Å². The zero-order valence-electron chi connectivity index (χ0n) is 10.5. The molecule has 0 aliphatic heterocycles. The smallest absolute Gasteiger partial charge is 0.252 e. The Morgan fingerprint density at radius 3 is 3.00 bits per heavy atom. The van der Waals surface area contributed by atoms with E-state index in [1.807, 2.05) is 30.3 Å². The predicted octanol–water partition coefficient (Wildman–Crippen LogP) is 3.14. The maximum absolute atomic E-state index is 12.2. The van der Waals surface area contributed by atoms with E-state index in [4.69, 9.17) is 0 Å². The molecule has 1 aliphatic rings. The molecule has 0 saturated heterocycles. The lowest BCUT2D eigenvalue weighted by Gasteiger charge is -2.11. The monoisotopic (exact) mass is 318 g/mol. The van der Waals surface area contributed by atoms with Crippen molar-refractivity contribution in [2.24, 2.45) is 5.92 Å². The van der Waals surface area contributed by atoms with Crippen molar-refractivity contribution >= 4 is 32.7 Å². The SMILES string of the molecule is O=C(NCC(Br)C1CC1)c1cccc2ncccc12. The lowest BCUT2D eigenvalue weighted by molar-refractivity contribution is 0.0955. The van der Waals surface area contributed by atoms with Gasteiger partial charge in [-0.15, -0.1) is 0 Å². The predicted molar refractivity (Wildman–Crippen MR) is 79.5 cm³/mol. The van der Waals surface area contributed by atoms with Crippen molar-refractivity contribution in [1.29, 1.82) is 0 Å². The van der Waals surface area contributed by atoms with E-state index in [1.54, 1.807) is 6.20 Å². The Balaban J connectivity index is 1.77. The highest BCUT2D eigenvalue weighted by Gasteiger charge is 2.29. The van der Waals surface area contributed by atoms with E-state index < -0.39 is 0 Å². The van der Waals surface area contributed by atoms with Crippen LogP contribution in [-0.4, -0.2) is 22.3 Å². The van der Waals surface area contributed by atoms with Crippen LogP contribution in [0.25, 0.3) is 10.9 Å². The van der Waals surface area contributed by atoms with Gasteiger partial charge in [-0.3, -0.25) is 9.78 Å². The van der Waals surface area contributed by atoms with E-state index in [1.165, 1.54) is 12.8 Å². The number of nitrogens with one attached hydrogen (secondary N) is 1.